The van der Waals surface area contributed by atoms with Crippen molar-refractivity contribution in [3.05, 3.63) is 65.2 Å². The molecule has 0 radical (unpaired) electrons. The number of benzene rings is 2. The van der Waals surface area contributed by atoms with E-state index in [4.69, 9.17) is 5.73 Å². The number of anilines is 1. The summed E-state index contributed by atoms with van der Waals surface area (Å²) in [5.41, 5.74) is 10.8. The fraction of sp³-hybridized carbons (Fsp3) is 0.294. The van der Waals surface area contributed by atoms with Crippen LogP contribution in [0.15, 0.2) is 48.5 Å². The zero-order valence-corrected chi connectivity index (χ0v) is 11.8. The van der Waals surface area contributed by atoms with Gasteiger partial charge in [0.15, 0.2) is 0 Å². The number of hydrogen-bond acceptors (Lipinski definition) is 2. The maximum absolute atomic E-state index is 5.70. The lowest BCUT2D eigenvalue weighted by Crippen LogP contribution is -2.22. The van der Waals surface area contributed by atoms with Gasteiger partial charge >= 0.3 is 0 Å². The Morgan fingerprint density at radius 1 is 1.00 bits per heavy atom. The molecule has 100 valence electrons. The summed E-state index contributed by atoms with van der Waals surface area (Å²) in [6.07, 6.45) is 0. The SMILES string of the molecule is CCN(Cc1cccc(CN)c1)c1ccccc1C. The molecule has 0 aliphatic rings. The summed E-state index contributed by atoms with van der Waals surface area (Å²) in [7, 11) is 0. The van der Waals surface area contributed by atoms with E-state index in [0.29, 0.717) is 6.54 Å². The van der Waals surface area contributed by atoms with Crippen LogP contribution >= 0.6 is 0 Å². The number of nitrogens with two attached hydrogens (primary N) is 1. The number of nitrogens with zero attached hydrogens (tertiary/aromatic N) is 1. The highest BCUT2D eigenvalue weighted by Crippen LogP contribution is 2.21. The zero-order valence-electron chi connectivity index (χ0n) is 11.8. The molecule has 0 aliphatic carbocycles. The second-order valence-electron chi connectivity index (χ2n) is 4.82. The monoisotopic (exact) mass is 254 g/mol. The number of para-hydroxylation sites is 1. The minimum Gasteiger partial charge on any atom is -0.367 e. The second-order valence-corrected chi connectivity index (χ2v) is 4.82. The van der Waals surface area contributed by atoms with E-state index >= 15 is 0 Å². The van der Waals surface area contributed by atoms with Crippen molar-refractivity contribution in [3.63, 3.8) is 0 Å². The topological polar surface area (TPSA) is 29.3 Å². The zero-order chi connectivity index (χ0) is 13.7. The Balaban J connectivity index is 2.21. The third kappa shape index (κ3) is 3.36. The largest absolute Gasteiger partial charge is 0.367 e. The molecule has 0 saturated heterocycles. The molecule has 2 nitrogen and oxygen atoms in total. The van der Waals surface area contributed by atoms with E-state index < -0.39 is 0 Å². The van der Waals surface area contributed by atoms with Gasteiger partial charge in [-0.1, -0.05) is 42.5 Å². The van der Waals surface area contributed by atoms with Crippen molar-refractivity contribution in [2.24, 2.45) is 5.73 Å². The Bertz CT molecular complexity index is 534. The van der Waals surface area contributed by atoms with Crippen LogP contribution in [0.4, 0.5) is 5.69 Å². The molecular weight excluding hydrogens is 232 g/mol. The molecule has 0 spiro atoms. The van der Waals surface area contributed by atoms with Crippen LogP contribution in [0.5, 0.6) is 0 Å². The highest BCUT2D eigenvalue weighted by molar-refractivity contribution is 5.53. The van der Waals surface area contributed by atoms with Gasteiger partial charge in [-0.05, 0) is 36.6 Å². The van der Waals surface area contributed by atoms with E-state index in [2.05, 4.69) is 67.3 Å². The molecule has 0 fully saturated rings. The normalized spacial score (nSPS) is 10.5. The van der Waals surface area contributed by atoms with E-state index in [1.165, 1.54) is 22.4 Å². The molecule has 2 heteroatoms. The van der Waals surface area contributed by atoms with Crippen LogP contribution in [0, 0.1) is 6.92 Å². The summed E-state index contributed by atoms with van der Waals surface area (Å²) < 4.78 is 0. The standard InChI is InChI=1S/C17H22N2/c1-3-19(17-10-5-4-7-14(17)2)13-16-9-6-8-15(11-16)12-18/h4-11H,3,12-13,18H2,1-2H3. The lowest BCUT2D eigenvalue weighted by atomic mass is 10.1. The summed E-state index contributed by atoms with van der Waals surface area (Å²) in [5, 5.41) is 0. The first-order chi connectivity index (χ1) is 9.24. The second kappa shape index (κ2) is 6.39. The molecule has 0 atom stereocenters. The van der Waals surface area contributed by atoms with Gasteiger partial charge in [0.2, 0.25) is 0 Å². The average Bonchev–Trinajstić information content (AvgIpc) is 2.46. The van der Waals surface area contributed by atoms with Gasteiger partial charge in [0.1, 0.15) is 0 Å². The van der Waals surface area contributed by atoms with Crippen molar-refractivity contribution in [2.75, 3.05) is 11.4 Å². The maximum atomic E-state index is 5.70. The summed E-state index contributed by atoms with van der Waals surface area (Å²) in [4.78, 5) is 2.39. The maximum Gasteiger partial charge on any atom is 0.0429 e. The molecule has 0 aliphatic heterocycles. The van der Waals surface area contributed by atoms with Crippen LogP contribution in [-0.4, -0.2) is 6.54 Å². The molecule has 2 aromatic carbocycles. The lowest BCUT2D eigenvalue weighted by Gasteiger charge is -2.25. The van der Waals surface area contributed by atoms with Crippen LogP contribution in [0.25, 0.3) is 0 Å². The van der Waals surface area contributed by atoms with Gasteiger partial charge in [0, 0.05) is 25.3 Å². The van der Waals surface area contributed by atoms with Gasteiger partial charge in [-0.2, -0.15) is 0 Å². The first-order valence-electron chi connectivity index (χ1n) is 6.83. The summed E-state index contributed by atoms with van der Waals surface area (Å²) in [6.45, 7) is 6.88. The van der Waals surface area contributed by atoms with Crippen molar-refractivity contribution in [1.29, 1.82) is 0 Å². The molecule has 0 heterocycles. The highest BCUT2D eigenvalue weighted by atomic mass is 15.1. The Kier molecular flexibility index (Phi) is 4.58. The summed E-state index contributed by atoms with van der Waals surface area (Å²) >= 11 is 0. The predicted octanol–water partition coefficient (Wildman–Crippen LogP) is 3.48. The van der Waals surface area contributed by atoms with Crippen LogP contribution in [0.1, 0.15) is 23.6 Å². The van der Waals surface area contributed by atoms with E-state index in [1.54, 1.807) is 0 Å². The Morgan fingerprint density at radius 2 is 1.74 bits per heavy atom. The van der Waals surface area contributed by atoms with Gasteiger partial charge in [-0.3, -0.25) is 0 Å². The third-order valence-corrected chi connectivity index (χ3v) is 3.44. The summed E-state index contributed by atoms with van der Waals surface area (Å²) in [6, 6.07) is 17.1. The average molecular weight is 254 g/mol. The predicted molar refractivity (Wildman–Crippen MR) is 82.2 cm³/mol. The lowest BCUT2D eigenvalue weighted by molar-refractivity contribution is 0.826. The first-order valence-corrected chi connectivity index (χ1v) is 6.83. The van der Waals surface area contributed by atoms with Crippen molar-refractivity contribution >= 4 is 5.69 Å². The van der Waals surface area contributed by atoms with Crippen LogP contribution in [0.3, 0.4) is 0 Å². The minimum atomic E-state index is 0.602. The summed E-state index contributed by atoms with van der Waals surface area (Å²) in [5.74, 6) is 0. The van der Waals surface area contributed by atoms with E-state index in [-0.39, 0.29) is 0 Å². The highest BCUT2D eigenvalue weighted by Gasteiger charge is 2.07. The number of rotatable bonds is 5. The van der Waals surface area contributed by atoms with Crippen molar-refractivity contribution in [1.82, 2.24) is 0 Å². The molecule has 2 N–H and O–H groups in total. The number of hydrogen-bond donors (Lipinski definition) is 1. The molecule has 0 bridgehead atoms. The quantitative estimate of drug-likeness (QED) is 0.885. The molecule has 0 unspecified atom stereocenters. The van der Waals surface area contributed by atoms with Gasteiger partial charge in [0.25, 0.3) is 0 Å². The van der Waals surface area contributed by atoms with Crippen LogP contribution in [-0.2, 0) is 13.1 Å². The smallest absolute Gasteiger partial charge is 0.0429 e. The van der Waals surface area contributed by atoms with Crippen LogP contribution in [0.2, 0.25) is 0 Å². The fourth-order valence-corrected chi connectivity index (χ4v) is 2.36. The van der Waals surface area contributed by atoms with E-state index in [0.717, 1.165) is 13.1 Å². The van der Waals surface area contributed by atoms with Crippen molar-refractivity contribution < 1.29 is 0 Å². The van der Waals surface area contributed by atoms with Gasteiger partial charge in [-0.15, -0.1) is 0 Å². The fourth-order valence-electron chi connectivity index (χ4n) is 2.36. The van der Waals surface area contributed by atoms with Gasteiger partial charge in [-0.25, -0.2) is 0 Å². The van der Waals surface area contributed by atoms with Crippen molar-refractivity contribution in [3.8, 4) is 0 Å². The third-order valence-electron chi connectivity index (χ3n) is 3.44. The molecule has 0 amide bonds. The number of aryl methyl sites for hydroxylation is 1. The first kappa shape index (κ1) is 13.6. The van der Waals surface area contributed by atoms with Gasteiger partial charge in [0.05, 0.1) is 0 Å². The van der Waals surface area contributed by atoms with Gasteiger partial charge < -0.3 is 10.6 Å². The van der Waals surface area contributed by atoms with Crippen LogP contribution < -0.4 is 10.6 Å². The molecular formula is C17H22N2. The molecule has 0 aromatic heterocycles. The Hall–Kier alpha value is -1.80. The van der Waals surface area contributed by atoms with E-state index in [9.17, 15) is 0 Å². The Morgan fingerprint density at radius 3 is 2.42 bits per heavy atom. The van der Waals surface area contributed by atoms with E-state index in [1.807, 2.05) is 0 Å². The molecule has 2 aromatic rings. The Labute approximate surface area is 115 Å². The minimum absolute atomic E-state index is 0.602. The molecule has 0 saturated carbocycles. The molecule has 19 heavy (non-hydrogen) atoms. The van der Waals surface area contributed by atoms with Crippen molar-refractivity contribution in [2.45, 2.75) is 26.9 Å². The molecule has 2 rings (SSSR count).